The summed E-state index contributed by atoms with van der Waals surface area (Å²) in [6, 6.07) is 5.87. The highest BCUT2D eigenvalue weighted by molar-refractivity contribution is 7.89. The summed E-state index contributed by atoms with van der Waals surface area (Å²) in [6.07, 6.45) is 1.94. The van der Waals surface area contributed by atoms with E-state index in [9.17, 15) is 8.42 Å². The Balaban J connectivity index is 1.73. The maximum atomic E-state index is 12.9. The maximum Gasteiger partial charge on any atom is 0.243 e. The summed E-state index contributed by atoms with van der Waals surface area (Å²) < 4.78 is 32.9. The van der Waals surface area contributed by atoms with Gasteiger partial charge < -0.3 is 4.74 Å². The molecule has 0 aromatic heterocycles. The Kier molecular flexibility index (Phi) is 5.06. The van der Waals surface area contributed by atoms with Crippen molar-refractivity contribution < 1.29 is 13.2 Å². The van der Waals surface area contributed by atoms with Crippen LogP contribution in [0.2, 0.25) is 0 Å². The average molecular weight is 338 g/mol. The molecule has 23 heavy (non-hydrogen) atoms. The molecule has 0 aliphatic carbocycles. The molecule has 3 rings (SSSR count). The van der Waals surface area contributed by atoms with Crippen molar-refractivity contribution in [3.8, 4) is 0 Å². The predicted octanol–water partition coefficient (Wildman–Crippen LogP) is 1.79. The summed E-state index contributed by atoms with van der Waals surface area (Å²) in [4.78, 5) is 2.81. The molecule has 1 aromatic carbocycles. The van der Waals surface area contributed by atoms with E-state index in [0.29, 0.717) is 24.0 Å². The van der Waals surface area contributed by atoms with Crippen LogP contribution in [-0.2, 0) is 14.8 Å². The largest absolute Gasteiger partial charge is 0.380 e. The minimum atomic E-state index is -3.40. The third-order valence-corrected chi connectivity index (χ3v) is 6.92. The smallest absolute Gasteiger partial charge is 0.243 e. The van der Waals surface area contributed by atoms with Gasteiger partial charge in [-0.25, -0.2) is 8.42 Å². The molecule has 2 fully saturated rings. The van der Waals surface area contributed by atoms with E-state index in [4.69, 9.17) is 4.74 Å². The molecule has 1 aromatic rings. The van der Waals surface area contributed by atoms with Gasteiger partial charge in [-0.15, -0.1) is 0 Å². The first kappa shape index (κ1) is 16.9. The third-order valence-electron chi connectivity index (χ3n) is 5.03. The zero-order valence-electron chi connectivity index (χ0n) is 14.0. The number of benzene rings is 1. The summed E-state index contributed by atoms with van der Waals surface area (Å²) in [5.41, 5.74) is 2.14. The topological polar surface area (TPSA) is 49.9 Å². The first-order valence-corrected chi connectivity index (χ1v) is 9.82. The van der Waals surface area contributed by atoms with Gasteiger partial charge in [-0.1, -0.05) is 6.07 Å². The second kappa shape index (κ2) is 6.89. The molecule has 2 saturated heterocycles. The SMILES string of the molecule is Cc1ccc(S(=O)(=O)N2CCCN(C3CCOC3)CC2)cc1C. The predicted molar refractivity (Wildman–Crippen MR) is 90.1 cm³/mol. The van der Waals surface area contributed by atoms with Crippen LogP contribution in [0.3, 0.4) is 0 Å². The van der Waals surface area contributed by atoms with Gasteiger partial charge in [0.15, 0.2) is 0 Å². The second-order valence-corrected chi connectivity index (χ2v) is 8.50. The summed E-state index contributed by atoms with van der Waals surface area (Å²) in [5, 5.41) is 0. The normalized spacial score (nSPS) is 24.7. The summed E-state index contributed by atoms with van der Waals surface area (Å²) >= 11 is 0. The molecule has 0 N–H and O–H groups in total. The van der Waals surface area contributed by atoms with E-state index in [0.717, 1.165) is 50.3 Å². The molecule has 0 amide bonds. The molecular formula is C17H26N2O3S. The van der Waals surface area contributed by atoms with Crippen LogP contribution in [0.1, 0.15) is 24.0 Å². The average Bonchev–Trinajstić information content (AvgIpc) is 2.94. The zero-order chi connectivity index (χ0) is 16.4. The van der Waals surface area contributed by atoms with E-state index in [-0.39, 0.29) is 0 Å². The van der Waals surface area contributed by atoms with Crippen molar-refractivity contribution >= 4 is 10.0 Å². The van der Waals surface area contributed by atoms with E-state index in [1.54, 1.807) is 16.4 Å². The molecule has 1 unspecified atom stereocenters. The molecule has 5 nitrogen and oxygen atoms in total. The number of hydrogen-bond acceptors (Lipinski definition) is 4. The van der Waals surface area contributed by atoms with Gasteiger partial charge >= 0.3 is 0 Å². The molecule has 1 atom stereocenters. The van der Waals surface area contributed by atoms with Gasteiger partial charge in [0.05, 0.1) is 11.5 Å². The van der Waals surface area contributed by atoms with Crippen LogP contribution in [0.15, 0.2) is 23.1 Å². The molecule has 0 bridgehead atoms. The molecule has 6 heteroatoms. The fourth-order valence-corrected chi connectivity index (χ4v) is 4.91. The van der Waals surface area contributed by atoms with Gasteiger partial charge in [0, 0.05) is 32.3 Å². The van der Waals surface area contributed by atoms with Crippen LogP contribution >= 0.6 is 0 Å². The van der Waals surface area contributed by atoms with E-state index in [1.165, 1.54) is 0 Å². The van der Waals surface area contributed by atoms with Crippen molar-refractivity contribution in [3.05, 3.63) is 29.3 Å². The molecule has 2 aliphatic rings. The fraction of sp³-hybridized carbons (Fsp3) is 0.647. The summed E-state index contributed by atoms with van der Waals surface area (Å²) in [7, 11) is -3.40. The number of nitrogens with zero attached hydrogens (tertiary/aromatic N) is 2. The van der Waals surface area contributed by atoms with E-state index >= 15 is 0 Å². The highest BCUT2D eigenvalue weighted by Crippen LogP contribution is 2.22. The van der Waals surface area contributed by atoms with Crippen molar-refractivity contribution in [2.75, 3.05) is 39.4 Å². The lowest BCUT2D eigenvalue weighted by atomic mass is 10.1. The lowest BCUT2D eigenvalue weighted by Gasteiger charge is -2.26. The van der Waals surface area contributed by atoms with Gasteiger partial charge in [0.25, 0.3) is 0 Å². The molecule has 2 aliphatic heterocycles. The van der Waals surface area contributed by atoms with Crippen LogP contribution in [0.5, 0.6) is 0 Å². The maximum absolute atomic E-state index is 12.9. The quantitative estimate of drug-likeness (QED) is 0.843. The molecular weight excluding hydrogens is 312 g/mol. The summed E-state index contributed by atoms with van der Waals surface area (Å²) in [5.74, 6) is 0. The lowest BCUT2D eigenvalue weighted by molar-refractivity contribution is 0.147. The Hall–Kier alpha value is -0.950. The number of aryl methyl sites for hydroxylation is 2. The van der Waals surface area contributed by atoms with Crippen LogP contribution in [-0.4, -0.2) is 63.1 Å². The highest BCUT2D eigenvalue weighted by atomic mass is 32.2. The van der Waals surface area contributed by atoms with Crippen LogP contribution in [0.4, 0.5) is 0 Å². The first-order valence-electron chi connectivity index (χ1n) is 8.38. The molecule has 0 saturated carbocycles. The number of hydrogen-bond donors (Lipinski definition) is 0. The Morgan fingerprint density at radius 2 is 1.91 bits per heavy atom. The van der Waals surface area contributed by atoms with Crippen LogP contribution in [0, 0.1) is 13.8 Å². The van der Waals surface area contributed by atoms with Gasteiger partial charge in [-0.05, 0) is 56.5 Å². The van der Waals surface area contributed by atoms with Crippen molar-refractivity contribution in [1.82, 2.24) is 9.21 Å². The zero-order valence-corrected chi connectivity index (χ0v) is 14.8. The molecule has 0 radical (unpaired) electrons. The minimum absolute atomic E-state index is 0.415. The van der Waals surface area contributed by atoms with E-state index in [1.807, 2.05) is 19.9 Å². The molecule has 128 valence electrons. The number of rotatable bonds is 3. The van der Waals surface area contributed by atoms with Gasteiger partial charge in [-0.3, -0.25) is 4.90 Å². The Morgan fingerprint density at radius 1 is 1.09 bits per heavy atom. The monoisotopic (exact) mass is 338 g/mol. The molecule has 0 spiro atoms. The Bertz CT molecular complexity index is 654. The van der Waals surface area contributed by atoms with Crippen molar-refractivity contribution in [1.29, 1.82) is 0 Å². The lowest BCUT2D eigenvalue weighted by Crippen LogP contribution is -2.39. The number of sulfonamides is 1. The minimum Gasteiger partial charge on any atom is -0.380 e. The van der Waals surface area contributed by atoms with E-state index in [2.05, 4.69) is 4.90 Å². The van der Waals surface area contributed by atoms with Crippen molar-refractivity contribution in [2.45, 2.75) is 37.6 Å². The van der Waals surface area contributed by atoms with Gasteiger partial charge in [-0.2, -0.15) is 4.31 Å². The van der Waals surface area contributed by atoms with Crippen LogP contribution < -0.4 is 0 Å². The second-order valence-electron chi connectivity index (χ2n) is 6.56. The standard InChI is InChI=1S/C17H26N2O3S/c1-14-4-5-17(12-15(14)2)23(20,21)19-8-3-7-18(9-10-19)16-6-11-22-13-16/h4-5,12,16H,3,6-11,13H2,1-2H3. The third kappa shape index (κ3) is 3.60. The van der Waals surface area contributed by atoms with Gasteiger partial charge in [0.2, 0.25) is 10.0 Å². The van der Waals surface area contributed by atoms with Gasteiger partial charge in [0.1, 0.15) is 0 Å². The van der Waals surface area contributed by atoms with Crippen molar-refractivity contribution in [3.63, 3.8) is 0 Å². The highest BCUT2D eigenvalue weighted by Gasteiger charge is 2.30. The summed E-state index contributed by atoms with van der Waals surface area (Å²) in [6.45, 7) is 8.46. The molecule has 2 heterocycles. The number of ether oxygens (including phenoxy) is 1. The Labute approximate surface area is 139 Å². The van der Waals surface area contributed by atoms with Crippen LogP contribution in [0.25, 0.3) is 0 Å². The fourth-order valence-electron chi connectivity index (χ4n) is 3.35. The first-order chi connectivity index (χ1) is 11.0. The van der Waals surface area contributed by atoms with Crippen molar-refractivity contribution in [2.24, 2.45) is 0 Å². The Morgan fingerprint density at radius 3 is 2.61 bits per heavy atom. The van der Waals surface area contributed by atoms with E-state index < -0.39 is 10.0 Å².